The molecule has 106 valence electrons. The summed E-state index contributed by atoms with van der Waals surface area (Å²) < 4.78 is 4.96. The van der Waals surface area contributed by atoms with Crippen LogP contribution >= 0.6 is 0 Å². The van der Waals surface area contributed by atoms with Crippen LogP contribution in [0.25, 0.3) is 0 Å². The number of benzene rings is 1. The third-order valence-electron chi connectivity index (χ3n) is 3.48. The highest BCUT2D eigenvalue weighted by molar-refractivity contribution is 5.97. The number of methoxy groups -OCH3 is 1. The van der Waals surface area contributed by atoms with Crippen molar-refractivity contribution in [3.8, 4) is 11.5 Å². The van der Waals surface area contributed by atoms with Crippen LogP contribution in [-0.2, 0) is 0 Å². The maximum absolute atomic E-state index is 12.1. The van der Waals surface area contributed by atoms with Gasteiger partial charge in [0.15, 0.2) is 0 Å². The van der Waals surface area contributed by atoms with Crippen molar-refractivity contribution in [2.45, 2.75) is 32.2 Å². The maximum Gasteiger partial charge on any atom is 0.255 e. The molecule has 0 aliphatic rings. The molecule has 0 heterocycles. The standard InChI is InChI=1S/C14H21NO4/c1-4-14(5-2,9-16)15-13(18)11-7-6-10(19-3)8-12(11)17/h6-8,16-17H,4-5,9H2,1-3H3,(H,15,18). The Morgan fingerprint density at radius 2 is 2.00 bits per heavy atom. The summed E-state index contributed by atoms with van der Waals surface area (Å²) in [4.78, 5) is 12.1. The lowest BCUT2D eigenvalue weighted by Gasteiger charge is -2.30. The fourth-order valence-corrected chi connectivity index (χ4v) is 1.83. The number of phenolic OH excluding ortho intramolecular Hbond substituents is 1. The molecule has 0 atom stereocenters. The fourth-order valence-electron chi connectivity index (χ4n) is 1.83. The Morgan fingerprint density at radius 1 is 1.37 bits per heavy atom. The quantitative estimate of drug-likeness (QED) is 0.732. The van der Waals surface area contributed by atoms with E-state index in [1.54, 1.807) is 6.07 Å². The van der Waals surface area contributed by atoms with Crippen LogP contribution in [0.15, 0.2) is 18.2 Å². The molecule has 0 aromatic heterocycles. The van der Waals surface area contributed by atoms with Crippen molar-refractivity contribution in [1.82, 2.24) is 5.32 Å². The van der Waals surface area contributed by atoms with Gasteiger partial charge in [-0.05, 0) is 25.0 Å². The molecule has 0 fully saturated rings. The predicted octanol–water partition coefficient (Wildman–Crippen LogP) is 1.68. The SMILES string of the molecule is CCC(CC)(CO)NC(=O)c1ccc(OC)cc1O. The number of nitrogens with one attached hydrogen (secondary N) is 1. The van der Waals surface area contributed by atoms with E-state index in [1.165, 1.54) is 19.2 Å². The first kappa shape index (κ1) is 15.3. The van der Waals surface area contributed by atoms with Crippen molar-refractivity contribution in [1.29, 1.82) is 0 Å². The second-order valence-electron chi connectivity index (χ2n) is 4.48. The van der Waals surface area contributed by atoms with Gasteiger partial charge in [-0.25, -0.2) is 0 Å². The average Bonchev–Trinajstić information content (AvgIpc) is 2.44. The first-order chi connectivity index (χ1) is 9.01. The van der Waals surface area contributed by atoms with Gasteiger partial charge < -0.3 is 20.3 Å². The van der Waals surface area contributed by atoms with E-state index >= 15 is 0 Å². The lowest BCUT2D eigenvalue weighted by Crippen LogP contribution is -2.50. The topological polar surface area (TPSA) is 78.8 Å². The Balaban J connectivity index is 2.95. The molecule has 1 aromatic carbocycles. The van der Waals surface area contributed by atoms with Gasteiger partial charge in [0.2, 0.25) is 0 Å². The molecule has 5 nitrogen and oxygen atoms in total. The van der Waals surface area contributed by atoms with Crippen LogP contribution in [0.5, 0.6) is 11.5 Å². The van der Waals surface area contributed by atoms with Gasteiger partial charge in [0.25, 0.3) is 5.91 Å². The Hall–Kier alpha value is -1.75. The number of aliphatic hydroxyl groups is 1. The molecule has 1 rings (SSSR count). The summed E-state index contributed by atoms with van der Waals surface area (Å²) in [5.41, 5.74) is -0.482. The number of carbonyl (C=O) groups excluding carboxylic acids is 1. The van der Waals surface area contributed by atoms with Gasteiger partial charge in [0.1, 0.15) is 11.5 Å². The number of hydrogen-bond acceptors (Lipinski definition) is 4. The second-order valence-corrected chi connectivity index (χ2v) is 4.48. The third-order valence-corrected chi connectivity index (χ3v) is 3.48. The molecular weight excluding hydrogens is 246 g/mol. The molecule has 0 spiro atoms. The summed E-state index contributed by atoms with van der Waals surface area (Å²) in [7, 11) is 1.49. The van der Waals surface area contributed by atoms with E-state index in [4.69, 9.17) is 4.74 Å². The van der Waals surface area contributed by atoms with E-state index in [-0.39, 0.29) is 17.9 Å². The molecule has 5 heteroatoms. The number of aromatic hydroxyl groups is 1. The highest BCUT2D eigenvalue weighted by atomic mass is 16.5. The van der Waals surface area contributed by atoms with Crippen LogP contribution in [0.1, 0.15) is 37.0 Å². The predicted molar refractivity (Wildman–Crippen MR) is 72.5 cm³/mol. The minimum Gasteiger partial charge on any atom is -0.507 e. The van der Waals surface area contributed by atoms with Crippen molar-refractivity contribution >= 4 is 5.91 Å². The summed E-state index contributed by atoms with van der Waals surface area (Å²) in [6.45, 7) is 3.66. The molecular formula is C14H21NO4. The van der Waals surface area contributed by atoms with Crippen LogP contribution in [0.3, 0.4) is 0 Å². The van der Waals surface area contributed by atoms with Crippen molar-refractivity contribution < 1.29 is 19.7 Å². The van der Waals surface area contributed by atoms with Gasteiger partial charge in [-0.1, -0.05) is 13.8 Å². The van der Waals surface area contributed by atoms with Gasteiger partial charge in [-0.3, -0.25) is 4.79 Å². The minimum absolute atomic E-state index is 0.136. The van der Waals surface area contributed by atoms with E-state index in [2.05, 4.69) is 5.32 Å². The molecule has 3 N–H and O–H groups in total. The lowest BCUT2D eigenvalue weighted by atomic mass is 9.93. The molecule has 0 aliphatic heterocycles. The van der Waals surface area contributed by atoms with E-state index < -0.39 is 11.4 Å². The van der Waals surface area contributed by atoms with Crippen molar-refractivity contribution in [3.05, 3.63) is 23.8 Å². The zero-order valence-electron chi connectivity index (χ0n) is 11.6. The third kappa shape index (κ3) is 3.38. The maximum atomic E-state index is 12.1. The average molecular weight is 267 g/mol. The first-order valence-electron chi connectivity index (χ1n) is 6.32. The van der Waals surface area contributed by atoms with Crippen LogP contribution in [0.2, 0.25) is 0 Å². The fraction of sp³-hybridized carbons (Fsp3) is 0.500. The van der Waals surface area contributed by atoms with Gasteiger partial charge in [-0.2, -0.15) is 0 Å². The van der Waals surface area contributed by atoms with E-state index in [0.29, 0.717) is 18.6 Å². The summed E-state index contributed by atoms with van der Waals surface area (Å²) in [5.74, 6) is -0.0674. The summed E-state index contributed by atoms with van der Waals surface area (Å²) in [5, 5.41) is 22.0. The summed E-state index contributed by atoms with van der Waals surface area (Å²) in [6, 6.07) is 4.48. The molecule has 0 radical (unpaired) electrons. The van der Waals surface area contributed by atoms with Gasteiger partial charge >= 0.3 is 0 Å². The minimum atomic E-state index is -0.649. The van der Waals surface area contributed by atoms with Crippen LogP contribution < -0.4 is 10.1 Å². The number of carbonyl (C=O) groups is 1. The Bertz CT molecular complexity index is 433. The number of phenols is 1. The molecule has 0 bridgehead atoms. The van der Waals surface area contributed by atoms with E-state index in [9.17, 15) is 15.0 Å². The van der Waals surface area contributed by atoms with Crippen LogP contribution in [-0.4, -0.2) is 35.4 Å². The van der Waals surface area contributed by atoms with Gasteiger partial charge in [0.05, 0.1) is 24.8 Å². The van der Waals surface area contributed by atoms with Crippen molar-refractivity contribution in [3.63, 3.8) is 0 Å². The largest absolute Gasteiger partial charge is 0.507 e. The normalized spacial score (nSPS) is 11.2. The Kier molecular flexibility index (Phi) is 5.18. The zero-order chi connectivity index (χ0) is 14.5. The van der Waals surface area contributed by atoms with Gasteiger partial charge in [0, 0.05) is 6.07 Å². The Labute approximate surface area is 113 Å². The lowest BCUT2D eigenvalue weighted by molar-refractivity contribution is 0.0815. The molecule has 0 aliphatic carbocycles. The number of ether oxygens (including phenoxy) is 1. The summed E-state index contributed by atoms with van der Waals surface area (Å²) in [6.07, 6.45) is 1.23. The molecule has 1 amide bonds. The molecule has 0 unspecified atom stereocenters. The molecule has 0 saturated carbocycles. The first-order valence-corrected chi connectivity index (χ1v) is 6.32. The number of hydrogen-bond donors (Lipinski definition) is 3. The molecule has 1 aromatic rings. The second kappa shape index (κ2) is 6.43. The number of rotatable bonds is 6. The highest BCUT2D eigenvalue weighted by Crippen LogP contribution is 2.24. The number of aliphatic hydroxyl groups excluding tert-OH is 1. The van der Waals surface area contributed by atoms with Crippen LogP contribution in [0.4, 0.5) is 0 Å². The zero-order valence-corrected chi connectivity index (χ0v) is 11.6. The van der Waals surface area contributed by atoms with E-state index in [1.807, 2.05) is 13.8 Å². The molecule has 0 saturated heterocycles. The smallest absolute Gasteiger partial charge is 0.255 e. The molecule has 19 heavy (non-hydrogen) atoms. The van der Waals surface area contributed by atoms with E-state index in [0.717, 1.165) is 0 Å². The summed E-state index contributed by atoms with van der Waals surface area (Å²) >= 11 is 0. The van der Waals surface area contributed by atoms with Crippen LogP contribution in [0, 0.1) is 0 Å². The number of amides is 1. The monoisotopic (exact) mass is 267 g/mol. The van der Waals surface area contributed by atoms with Crippen molar-refractivity contribution in [2.24, 2.45) is 0 Å². The van der Waals surface area contributed by atoms with Crippen molar-refractivity contribution in [2.75, 3.05) is 13.7 Å². The Morgan fingerprint density at radius 3 is 2.42 bits per heavy atom. The highest BCUT2D eigenvalue weighted by Gasteiger charge is 2.28. The van der Waals surface area contributed by atoms with Gasteiger partial charge in [-0.15, -0.1) is 0 Å².